The average molecular weight is 1560 g/mol. The van der Waals surface area contributed by atoms with E-state index in [9.17, 15) is 102 Å². The highest BCUT2D eigenvalue weighted by molar-refractivity contribution is 6.67. The van der Waals surface area contributed by atoms with Crippen LogP contribution < -0.4 is 0 Å². The predicted octanol–water partition coefficient (Wildman–Crippen LogP) is 6.08. The molecule has 37 nitrogen and oxygen atoms in total. The van der Waals surface area contributed by atoms with Crippen LogP contribution in [0.2, 0.25) is 0 Å². The van der Waals surface area contributed by atoms with Crippen LogP contribution in [0.15, 0.2) is 128 Å². The zero-order chi connectivity index (χ0) is 82.4. The van der Waals surface area contributed by atoms with Crippen LogP contribution in [-0.4, -0.2) is 214 Å². The summed E-state index contributed by atoms with van der Waals surface area (Å²) in [5.41, 5.74) is -6.02. The molecule has 3 aromatic rings. The largest absolute Gasteiger partial charge is 0.478 e. The first kappa shape index (κ1) is 94.6. The van der Waals surface area contributed by atoms with E-state index in [1.807, 2.05) is 0 Å². The lowest BCUT2D eigenvalue weighted by Gasteiger charge is -2.25. The molecule has 0 saturated carbocycles. The van der Waals surface area contributed by atoms with Crippen molar-refractivity contribution in [2.75, 3.05) is 52.9 Å². The normalized spacial score (nSPS) is 12.1. The Kier molecular flexibility index (Phi) is 38.1. The molecular formula is C71H77ClO37. The maximum atomic E-state index is 13.2. The van der Waals surface area contributed by atoms with Crippen LogP contribution in [-0.2, 0) is 100 Å². The van der Waals surface area contributed by atoms with Crippen LogP contribution >= 0.6 is 11.6 Å². The lowest BCUT2D eigenvalue weighted by atomic mass is 9.86. The summed E-state index contributed by atoms with van der Waals surface area (Å²) in [6, 6.07) is 9.15. The number of carboxylic acids is 4. The number of carbonyl (C=O) groups excluding carboxylic acids is 13. The third kappa shape index (κ3) is 30.9. The lowest BCUT2D eigenvalue weighted by Crippen LogP contribution is -2.35. The van der Waals surface area contributed by atoms with Crippen molar-refractivity contribution < 1.29 is 180 Å². The third-order valence-corrected chi connectivity index (χ3v) is 14.0. The molecule has 0 aromatic heterocycles. The van der Waals surface area contributed by atoms with E-state index >= 15 is 0 Å². The Morgan fingerprint density at radius 2 is 0.670 bits per heavy atom. The van der Waals surface area contributed by atoms with Gasteiger partial charge in [0, 0.05) is 39.0 Å². The minimum atomic E-state index is -1.65. The number of halogens is 1. The van der Waals surface area contributed by atoms with Crippen LogP contribution in [0, 0.1) is 10.8 Å². The smallest absolute Gasteiger partial charge is 0.346 e. The van der Waals surface area contributed by atoms with Crippen molar-refractivity contribution >= 4 is 112 Å². The standard InChI is InChI=1S/C40H40O20.C22H32O12.C9H3ClO4.H2O/c1-19(2)34(49)55-15-24(59-37(52)22-8-10-26(30(41)42)28(12-22)32(45)46)17-57-36(51)21(5)14-40(6,7)39(54)58-18-25(16-56-35(50)20(3)4)60-38(53)23-9-11-27(31(43)44)29(13-23)33(47)48;1-13(2)18(23)29-9-16(33-27)11-31-20(25)15(5)8-22(6,7)21(26)32-12-17(34-28)10-30-19(24)14(3)4;10-7(11)4-1-2-5-6(3-4)9(13)14-8(5)12;/h8-13,24-25H,1,3,5,14-18H2,2,4,6-7H3,(H,41,42)(H,43,44)(H,45,46)(H,47,48);16-17,27-28H,1,3,5,8-12H2,2,4,6-7H3;1-3H;1H2. The summed E-state index contributed by atoms with van der Waals surface area (Å²) in [5.74, 6) is -17.2. The maximum Gasteiger partial charge on any atom is 0.346 e. The predicted molar refractivity (Wildman–Crippen MR) is 366 cm³/mol. The Labute approximate surface area is 623 Å². The van der Waals surface area contributed by atoms with Crippen LogP contribution in [0.1, 0.15) is 161 Å². The first-order valence-corrected chi connectivity index (χ1v) is 31.3. The van der Waals surface area contributed by atoms with Gasteiger partial charge in [-0.3, -0.25) is 24.9 Å². The van der Waals surface area contributed by atoms with Gasteiger partial charge in [-0.1, -0.05) is 39.5 Å². The molecule has 590 valence electrons. The second kappa shape index (κ2) is 43.9. The van der Waals surface area contributed by atoms with Gasteiger partial charge in [0.05, 0.1) is 55.3 Å². The molecule has 109 heavy (non-hydrogen) atoms. The Hall–Kier alpha value is -12.4. The molecule has 0 radical (unpaired) electrons. The summed E-state index contributed by atoms with van der Waals surface area (Å²) in [6.45, 7) is 27.5. The van der Waals surface area contributed by atoms with E-state index in [1.165, 1.54) is 73.6 Å². The van der Waals surface area contributed by atoms with Gasteiger partial charge in [0.25, 0.3) is 5.24 Å². The van der Waals surface area contributed by atoms with Gasteiger partial charge in [0.15, 0.2) is 24.4 Å². The van der Waals surface area contributed by atoms with E-state index < -0.39 is 222 Å². The highest BCUT2D eigenvalue weighted by Crippen LogP contribution is 2.30. The number of benzene rings is 3. The molecule has 0 amide bonds. The molecule has 0 bridgehead atoms. The number of fused-ring (bicyclic) bond motifs is 1. The first-order chi connectivity index (χ1) is 50.2. The molecule has 0 saturated heterocycles. The zero-order valence-corrected chi connectivity index (χ0v) is 60.4. The Morgan fingerprint density at radius 1 is 0.394 bits per heavy atom. The van der Waals surface area contributed by atoms with Crippen LogP contribution in [0.4, 0.5) is 0 Å². The minimum Gasteiger partial charge on any atom is -0.478 e. The molecule has 1 aliphatic rings. The van der Waals surface area contributed by atoms with Crippen molar-refractivity contribution in [3.8, 4) is 0 Å². The van der Waals surface area contributed by atoms with E-state index in [1.54, 1.807) is 0 Å². The molecule has 4 unspecified atom stereocenters. The molecule has 1 heterocycles. The van der Waals surface area contributed by atoms with Crippen LogP contribution in [0.3, 0.4) is 0 Å². The molecule has 3 aromatic carbocycles. The summed E-state index contributed by atoms with van der Waals surface area (Å²) in [5, 5.41) is 54.4. The van der Waals surface area contributed by atoms with Crippen molar-refractivity contribution in [1.82, 2.24) is 0 Å². The van der Waals surface area contributed by atoms with Gasteiger partial charge in [0.1, 0.15) is 52.9 Å². The molecule has 0 spiro atoms. The van der Waals surface area contributed by atoms with Gasteiger partial charge in [0.2, 0.25) is 0 Å². The van der Waals surface area contributed by atoms with Gasteiger partial charge in [-0.15, -0.1) is 0 Å². The summed E-state index contributed by atoms with van der Waals surface area (Å²) < 4.78 is 55.1. The second-order valence-corrected chi connectivity index (χ2v) is 24.5. The van der Waals surface area contributed by atoms with E-state index in [4.69, 9.17) is 69.5 Å². The fraction of sp³-hybridized carbons (Fsp3) is 0.338. The second-order valence-electron chi connectivity index (χ2n) is 24.2. The molecule has 0 aliphatic carbocycles. The number of ether oxygens (including phenoxy) is 11. The number of hydrogen-bond acceptors (Lipinski definition) is 32. The lowest BCUT2D eigenvalue weighted by molar-refractivity contribution is -0.292. The van der Waals surface area contributed by atoms with Gasteiger partial charge in [-0.25, -0.2) is 76.9 Å². The summed E-state index contributed by atoms with van der Waals surface area (Å²) in [6.07, 6.45) is -5.86. The van der Waals surface area contributed by atoms with E-state index in [-0.39, 0.29) is 68.6 Å². The number of aromatic carboxylic acids is 4. The van der Waals surface area contributed by atoms with Gasteiger partial charge in [-0.2, -0.15) is 0 Å². The topological polar surface area (TPSA) is 563 Å². The van der Waals surface area contributed by atoms with E-state index in [0.717, 1.165) is 36.4 Å². The fourth-order valence-corrected chi connectivity index (χ4v) is 8.08. The third-order valence-electron chi connectivity index (χ3n) is 13.7. The zero-order valence-electron chi connectivity index (χ0n) is 59.6. The number of cyclic esters (lactones) is 2. The summed E-state index contributed by atoms with van der Waals surface area (Å²) in [7, 11) is 0. The maximum absolute atomic E-state index is 13.2. The molecule has 4 rings (SSSR count). The number of carboxylic acid groups (broad SMARTS) is 4. The molecule has 0 fully saturated rings. The Bertz CT molecular complexity index is 4110. The quantitative estimate of drug-likeness (QED) is 0.00716. The van der Waals surface area contributed by atoms with Crippen molar-refractivity contribution in [2.45, 2.75) is 92.6 Å². The molecule has 38 heteroatoms. The molecule has 4 atom stereocenters. The molecular weight excluding hydrogens is 1480 g/mol. The molecule has 8 N–H and O–H groups in total. The van der Waals surface area contributed by atoms with E-state index in [0.29, 0.717) is 0 Å². The number of carbonyl (C=O) groups is 17. The Morgan fingerprint density at radius 3 is 0.963 bits per heavy atom. The minimum absolute atomic E-state index is 0. The summed E-state index contributed by atoms with van der Waals surface area (Å²) in [4.78, 5) is 211. The van der Waals surface area contributed by atoms with Crippen LogP contribution in [0.5, 0.6) is 0 Å². The summed E-state index contributed by atoms with van der Waals surface area (Å²) >= 11 is 5.21. The van der Waals surface area contributed by atoms with Crippen molar-refractivity contribution in [3.63, 3.8) is 0 Å². The van der Waals surface area contributed by atoms with Gasteiger partial charge in [-0.05, 0) is 134 Å². The monoisotopic (exact) mass is 1560 g/mol. The van der Waals surface area contributed by atoms with Crippen molar-refractivity contribution in [3.05, 3.63) is 178 Å². The first-order valence-electron chi connectivity index (χ1n) is 30.9. The highest BCUT2D eigenvalue weighted by Gasteiger charge is 2.37. The van der Waals surface area contributed by atoms with Crippen molar-refractivity contribution in [1.29, 1.82) is 0 Å². The van der Waals surface area contributed by atoms with Gasteiger partial charge >= 0.3 is 95.5 Å². The fourth-order valence-electron chi connectivity index (χ4n) is 7.96. The van der Waals surface area contributed by atoms with Gasteiger partial charge < -0.3 is 78.0 Å². The Balaban J connectivity index is 0.00000100. The van der Waals surface area contributed by atoms with Crippen molar-refractivity contribution in [2.24, 2.45) is 10.8 Å². The molecule has 1 aliphatic heterocycles. The number of esters is 12. The number of rotatable bonds is 39. The average Bonchev–Trinajstić information content (AvgIpc) is 1.72. The number of hydrogen-bond donors (Lipinski definition) is 6. The highest BCUT2D eigenvalue weighted by atomic mass is 35.5. The van der Waals surface area contributed by atoms with E-state index in [2.05, 4.69) is 54.0 Å². The van der Waals surface area contributed by atoms with Crippen LogP contribution in [0.25, 0.3) is 0 Å². The SMILES string of the molecule is C=C(C)C(=O)OCC(COC(=O)C(=C)CC(C)(C)C(=O)OCC(COC(=O)C(=C)C)OC(=O)c1ccc(C(=O)O)c(C(=O)O)c1)OC(=O)c1ccc(C(=O)O)c(C(=O)O)c1.C=C(C)C(=O)OCC(COC(=O)C(=C)CC(C)(C)C(=O)OCC(COC(=O)C(=C)C)OO)OO.O.O=C(Cl)c1ccc2c(c1)C(=O)OC2=O.